The van der Waals surface area contributed by atoms with Crippen molar-refractivity contribution in [2.45, 2.75) is 62.9 Å². The number of benzene rings is 2. The number of sulfone groups is 1. The fourth-order valence-electron chi connectivity index (χ4n) is 4.86. The Labute approximate surface area is 265 Å². The summed E-state index contributed by atoms with van der Waals surface area (Å²) in [6, 6.07) is 6.99. The summed E-state index contributed by atoms with van der Waals surface area (Å²) in [5.41, 5.74) is 0.421. The van der Waals surface area contributed by atoms with Gasteiger partial charge < -0.3 is 29.6 Å². The van der Waals surface area contributed by atoms with Crippen molar-refractivity contribution in [3.63, 3.8) is 0 Å². The number of carbonyl (C=O) groups is 2. The molecule has 0 bridgehead atoms. The topological polar surface area (TPSA) is 132 Å². The van der Waals surface area contributed by atoms with E-state index in [-0.39, 0.29) is 39.8 Å². The highest BCUT2D eigenvalue weighted by Crippen LogP contribution is 2.28. The number of likely N-dealkylation sites (tertiary alicyclic amines) is 1. The van der Waals surface area contributed by atoms with Gasteiger partial charge in [-0.3, -0.25) is 4.79 Å². The van der Waals surface area contributed by atoms with Crippen molar-refractivity contribution in [2.24, 2.45) is 0 Å². The lowest BCUT2D eigenvalue weighted by Crippen LogP contribution is -2.47. The minimum atomic E-state index is -4.52. The number of nitrogens with zero attached hydrogens (tertiary/aromatic N) is 3. The van der Waals surface area contributed by atoms with E-state index >= 15 is 0 Å². The highest BCUT2D eigenvalue weighted by Gasteiger charge is 2.31. The SMILES string of the molecule is COc1cc(S(C)(=O)=O)ccc1NCC#Cc1cc(C(=O)NC2CCN(C(=O)OC(C)(C)C)CC2)c2ncn(CC(F)(F)F)c2c1. The quantitative estimate of drug-likeness (QED) is 0.351. The highest BCUT2D eigenvalue weighted by molar-refractivity contribution is 7.90. The van der Waals surface area contributed by atoms with Gasteiger partial charge in [0, 0.05) is 37.0 Å². The average Bonchev–Trinajstić information content (AvgIpc) is 3.34. The Morgan fingerprint density at radius 2 is 1.80 bits per heavy atom. The lowest BCUT2D eigenvalue weighted by atomic mass is 10.0. The smallest absolute Gasteiger partial charge is 0.410 e. The van der Waals surface area contributed by atoms with E-state index in [4.69, 9.17) is 9.47 Å². The number of halogens is 3. The predicted molar refractivity (Wildman–Crippen MR) is 166 cm³/mol. The van der Waals surface area contributed by atoms with Gasteiger partial charge in [0.1, 0.15) is 23.4 Å². The summed E-state index contributed by atoms with van der Waals surface area (Å²) in [7, 11) is -2.04. The standard InChI is InChI=1S/C31H36F3N5O6S/c1-30(2,3)45-29(41)38-13-10-21(11-14-38)37-28(40)23-15-20(16-25-27(23)36-19-39(25)18-31(32,33)34)7-6-12-35-24-9-8-22(46(5,42)43)17-26(24)44-4/h8-9,15-17,19,21,35H,10-14,18H2,1-5H3,(H,37,40). The van der Waals surface area contributed by atoms with E-state index in [9.17, 15) is 31.2 Å². The molecule has 1 saturated heterocycles. The third-order valence-corrected chi connectivity index (χ3v) is 8.11. The van der Waals surface area contributed by atoms with Crippen LogP contribution in [-0.2, 0) is 21.1 Å². The molecule has 1 fully saturated rings. The number of hydrogen-bond acceptors (Lipinski definition) is 8. The van der Waals surface area contributed by atoms with Crippen LogP contribution in [0.5, 0.6) is 5.75 Å². The number of amides is 2. The van der Waals surface area contributed by atoms with Crippen molar-refractivity contribution in [1.82, 2.24) is 19.8 Å². The molecule has 0 aliphatic carbocycles. The highest BCUT2D eigenvalue weighted by atomic mass is 32.2. The molecule has 0 saturated carbocycles. The average molecular weight is 664 g/mol. The van der Waals surface area contributed by atoms with Crippen molar-refractivity contribution in [2.75, 3.05) is 38.3 Å². The molecule has 0 atom stereocenters. The summed E-state index contributed by atoms with van der Waals surface area (Å²) in [6.45, 7) is 4.86. The monoisotopic (exact) mass is 663 g/mol. The second kappa shape index (κ2) is 13.5. The molecule has 1 aromatic heterocycles. The molecule has 248 valence electrons. The van der Waals surface area contributed by atoms with E-state index < -0.39 is 40.2 Å². The van der Waals surface area contributed by atoms with Gasteiger partial charge in [0.25, 0.3) is 5.91 Å². The molecule has 2 N–H and O–H groups in total. The van der Waals surface area contributed by atoms with E-state index in [1.54, 1.807) is 31.7 Å². The second-order valence-corrected chi connectivity index (χ2v) is 13.9. The molecule has 3 aromatic rings. The van der Waals surface area contributed by atoms with Crippen molar-refractivity contribution in [3.8, 4) is 17.6 Å². The first-order chi connectivity index (χ1) is 21.4. The number of rotatable bonds is 7. The summed E-state index contributed by atoms with van der Waals surface area (Å²) in [4.78, 5) is 31.6. The maximum Gasteiger partial charge on any atom is 0.410 e. The van der Waals surface area contributed by atoms with Crippen LogP contribution in [0.4, 0.5) is 23.7 Å². The first-order valence-corrected chi connectivity index (χ1v) is 16.3. The maximum atomic E-state index is 13.5. The van der Waals surface area contributed by atoms with Crippen LogP contribution in [0.2, 0.25) is 0 Å². The predicted octanol–water partition coefficient (Wildman–Crippen LogP) is 4.60. The van der Waals surface area contributed by atoms with Gasteiger partial charge in [-0.15, -0.1) is 0 Å². The normalized spacial score (nSPS) is 14.4. The largest absolute Gasteiger partial charge is 0.495 e. The molecule has 15 heteroatoms. The van der Waals surface area contributed by atoms with E-state index in [1.165, 1.54) is 31.4 Å². The Morgan fingerprint density at radius 3 is 2.41 bits per heavy atom. The van der Waals surface area contributed by atoms with E-state index in [0.29, 0.717) is 37.2 Å². The number of carbonyl (C=O) groups excluding carboxylic acids is 2. The molecule has 11 nitrogen and oxygen atoms in total. The number of anilines is 1. The molecular formula is C31H36F3N5O6S. The van der Waals surface area contributed by atoms with Crippen molar-refractivity contribution >= 4 is 38.6 Å². The Kier molecular flexibility index (Phi) is 10.1. The van der Waals surface area contributed by atoms with Gasteiger partial charge in [-0.1, -0.05) is 11.8 Å². The first kappa shape index (κ1) is 34.4. The van der Waals surface area contributed by atoms with Crippen LogP contribution in [0.1, 0.15) is 49.5 Å². The van der Waals surface area contributed by atoms with Crippen LogP contribution in [0.3, 0.4) is 0 Å². The summed E-state index contributed by atoms with van der Waals surface area (Å²) >= 11 is 0. The fourth-order valence-corrected chi connectivity index (χ4v) is 5.49. The number of fused-ring (bicyclic) bond motifs is 1. The molecule has 46 heavy (non-hydrogen) atoms. The molecule has 0 unspecified atom stereocenters. The molecule has 0 spiro atoms. The number of hydrogen-bond donors (Lipinski definition) is 2. The number of methoxy groups -OCH3 is 1. The molecule has 0 radical (unpaired) electrons. The van der Waals surface area contributed by atoms with Gasteiger partial charge >= 0.3 is 12.3 Å². The van der Waals surface area contributed by atoms with Gasteiger partial charge in [0.2, 0.25) is 0 Å². The number of aromatic nitrogens is 2. The van der Waals surface area contributed by atoms with Gasteiger partial charge in [-0.2, -0.15) is 13.2 Å². The maximum absolute atomic E-state index is 13.5. The summed E-state index contributed by atoms with van der Waals surface area (Å²) in [5.74, 6) is 5.54. The van der Waals surface area contributed by atoms with Crippen molar-refractivity contribution in [3.05, 3.63) is 47.8 Å². The van der Waals surface area contributed by atoms with Crippen LogP contribution in [0, 0.1) is 11.8 Å². The molecule has 2 aromatic carbocycles. The summed E-state index contributed by atoms with van der Waals surface area (Å²) < 4.78 is 75.3. The Morgan fingerprint density at radius 1 is 1.11 bits per heavy atom. The van der Waals surface area contributed by atoms with Crippen LogP contribution in [0.15, 0.2) is 41.6 Å². The zero-order valence-electron chi connectivity index (χ0n) is 26.1. The van der Waals surface area contributed by atoms with E-state index in [0.717, 1.165) is 17.2 Å². The first-order valence-electron chi connectivity index (χ1n) is 14.4. The van der Waals surface area contributed by atoms with Crippen LogP contribution >= 0.6 is 0 Å². The van der Waals surface area contributed by atoms with Crippen LogP contribution < -0.4 is 15.4 Å². The van der Waals surface area contributed by atoms with Gasteiger partial charge in [0.05, 0.1) is 41.6 Å². The number of alkyl halides is 3. The number of nitrogens with one attached hydrogen (secondary N) is 2. The molecular weight excluding hydrogens is 627 g/mol. The summed E-state index contributed by atoms with van der Waals surface area (Å²) in [5, 5.41) is 5.96. The summed E-state index contributed by atoms with van der Waals surface area (Å²) in [6.07, 6.45) is -1.89. The number of imidazole rings is 1. The van der Waals surface area contributed by atoms with Crippen LogP contribution in [-0.4, -0.2) is 85.7 Å². The van der Waals surface area contributed by atoms with Crippen molar-refractivity contribution < 1.29 is 40.7 Å². The van der Waals surface area contributed by atoms with E-state index in [2.05, 4.69) is 27.5 Å². The van der Waals surface area contributed by atoms with Crippen LogP contribution in [0.25, 0.3) is 11.0 Å². The third-order valence-electron chi connectivity index (χ3n) is 7.00. The number of piperidine rings is 1. The third kappa shape index (κ3) is 9.06. The minimum Gasteiger partial charge on any atom is -0.495 e. The Bertz CT molecular complexity index is 1780. The van der Waals surface area contributed by atoms with Gasteiger partial charge in [-0.05, 0) is 57.9 Å². The Hall–Kier alpha value is -4.45. The molecule has 2 amide bonds. The second-order valence-electron chi connectivity index (χ2n) is 11.9. The fraction of sp³-hybridized carbons (Fsp3) is 0.452. The minimum absolute atomic E-state index is 0.0725. The Balaban J connectivity index is 1.53. The molecule has 1 aliphatic heterocycles. The lowest BCUT2D eigenvalue weighted by Gasteiger charge is -2.33. The van der Waals surface area contributed by atoms with Crippen molar-refractivity contribution in [1.29, 1.82) is 0 Å². The molecule has 1 aliphatic rings. The molecule has 4 rings (SSSR count). The zero-order valence-corrected chi connectivity index (χ0v) is 26.9. The van der Waals surface area contributed by atoms with Gasteiger partial charge in [0.15, 0.2) is 9.84 Å². The van der Waals surface area contributed by atoms with Gasteiger partial charge in [-0.25, -0.2) is 18.2 Å². The van der Waals surface area contributed by atoms with E-state index in [1.807, 2.05) is 0 Å². The lowest BCUT2D eigenvalue weighted by molar-refractivity contribution is -0.140. The molecule has 2 heterocycles. The zero-order chi connectivity index (χ0) is 33.9. The number of ether oxygens (including phenoxy) is 2.